The third-order valence-electron chi connectivity index (χ3n) is 3.05. The first-order valence-corrected chi connectivity index (χ1v) is 6.66. The van der Waals surface area contributed by atoms with Gasteiger partial charge in [-0.2, -0.15) is 0 Å². The first-order chi connectivity index (χ1) is 10.5. The van der Waals surface area contributed by atoms with Crippen LogP contribution in [0.3, 0.4) is 0 Å². The van der Waals surface area contributed by atoms with Crippen LogP contribution in [0, 0.1) is 10.1 Å². The molecule has 0 radical (unpaired) electrons. The molecule has 3 aromatic rings. The zero-order chi connectivity index (χ0) is 15.7. The number of anilines is 1. The van der Waals surface area contributed by atoms with Crippen molar-refractivity contribution in [1.29, 1.82) is 0 Å². The van der Waals surface area contributed by atoms with Crippen LogP contribution < -0.4 is 5.32 Å². The molecule has 0 saturated carbocycles. The maximum Gasteiger partial charge on any atom is 0.294 e. The topological polar surface area (TPSA) is 85.4 Å². The summed E-state index contributed by atoms with van der Waals surface area (Å²) in [6, 6.07) is 12.7. The molecular weight excluding hydrogens is 308 g/mol. The second kappa shape index (κ2) is 5.50. The van der Waals surface area contributed by atoms with E-state index >= 15 is 0 Å². The van der Waals surface area contributed by atoms with Gasteiger partial charge in [-0.3, -0.25) is 14.9 Å². The minimum absolute atomic E-state index is 0.0554. The van der Waals surface area contributed by atoms with Gasteiger partial charge in [0.25, 0.3) is 11.6 Å². The summed E-state index contributed by atoms with van der Waals surface area (Å²) in [7, 11) is 0. The molecule has 1 aromatic heterocycles. The van der Waals surface area contributed by atoms with Crippen LogP contribution in [-0.2, 0) is 0 Å². The summed E-state index contributed by atoms with van der Waals surface area (Å²) >= 11 is 5.73. The van der Waals surface area contributed by atoms with Gasteiger partial charge in [0.05, 0.1) is 4.92 Å². The van der Waals surface area contributed by atoms with Crippen molar-refractivity contribution in [1.82, 2.24) is 0 Å². The number of halogens is 1. The molecule has 0 saturated heterocycles. The molecule has 110 valence electrons. The number of nitro benzene ring substituents is 1. The number of carbonyl (C=O) groups excluding carboxylic acids is 1. The minimum Gasteiger partial charge on any atom is -0.451 e. The Morgan fingerprint density at radius 3 is 2.68 bits per heavy atom. The highest BCUT2D eigenvalue weighted by molar-refractivity contribution is 6.31. The van der Waals surface area contributed by atoms with E-state index in [1.165, 1.54) is 18.2 Å². The zero-order valence-electron chi connectivity index (χ0n) is 11.1. The molecule has 0 aliphatic rings. The van der Waals surface area contributed by atoms with E-state index < -0.39 is 10.8 Å². The van der Waals surface area contributed by atoms with Crippen LogP contribution in [0.25, 0.3) is 11.0 Å². The maximum absolute atomic E-state index is 12.2. The Labute approximate surface area is 129 Å². The largest absolute Gasteiger partial charge is 0.451 e. The highest BCUT2D eigenvalue weighted by atomic mass is 35.5. The Bertz CT molecular complexity index is 855. The van der Waals surface area contributed by atoms with Crippen LogP contribution >= 0.6 is 11.6 Å². The number of nitrogens with one attached hydrogen (secondary N) is 1. The molecule has 0 aliphatic carbocycles. The standard InChI is InChI=1S/C15H9ClN2O4/c16-10-5-6-11(12(8-10)18(20)21)17-15(19)14-7-9-3-1-2-4-13(9)22-14/h1-8H,(H,17,19). The van der Waals surface area contributed by atoms with Crippen molar-refractivity contribution >= 4 is 39.9 Å². The Kier molecular flexibility index (Phi) is 3.52. The summed E-state index contributed by atoms with van der Waals surface area (Å²) in [6.45, 7) is 0. The number of benzene rings is 2. The Hall–Kier alpha value is -2.86. The Balaban J connectivity index is 1.92. The zero-order valence-corrected chi connectivity index (χ0v) is 11.8. The molecule has 2 aromatic carbocycles. The van der Waals surface area contributed by atoms with Gasteiger partial charge in [-0.05, 0) is 24.3 Å². The molecule has 7 heteroatoms. The second-order valence-corrected chi connectivity index (χ2v) is 4.96. The van der Waals surface area contributed by atoms with Crippen molar-refractivity contribution < 1.29 is 14.1 Å². The predicted molar refractivity (Wildman–Crippen MR) is 82.3 cm³/mol. The quantitative estimate of drug-likeness (QED) is 0.578. The lowest BCUT2D eigenvalue weighted by atomic mass is 10.2. The van der Waals surface area contributed by atoms with E-state index in [-0.39, 0.29) is 22.2 Å². The number of amides is 1. The molecule has 3 rings (SSSR count). The number of hydrogen-bond donors (Lipinski definition) is 1. The predicted octanol–water partition coefficient (Wildman–Crippen LogP) is 4.25. The van der Waals surface area contributed by atoms with E-state index in [1.807, 2.05) is 6.07 Å². The highest BCUT2D eigenvalue weighted by Gasteiger charge is 2.19. The van der Waals surface area contributed by atoms with Gasteiger partial charge in [0.2, 0.25) is 0 Å². The monoisotopic (exact) mass is 316 g/mol. The Morgan fingerprint density at radius 1 is 1.18 bits per heavy atom. The van der Waals surface area contributed by atoms with Gasteiger partial charge in [0, 0.05) is 16.5 Å². The lowest BCUT2D eigenvalue weighted by molar-refractivity contribution is -0.383. The number of furan rings is 1. The van der Waals surface area contributed by atoms with Crippen LogP contribution in [0.4, 0.5) is 11.4 Å². The van der Waals surface area contributed by atoms with E-state index in [1.54, 1.807) is 24.3 Å². The molecule has 0 spiro atoms. The van der Waals surface area contributed by atoms with E-state index in [9.17, 15) is 14.9 Å². The first-order valence-electron chi connectivity index (χ1n) is 6.28. The third-order valence-corrected chi connectivity index (χ3v) is 3.29. The van der Waals surface area contributed by atoms with E-state index in [4.69, 9.17) is 16.0 Å². The molecular formula is C15H9ClN2O4. The third kappa shape index (κ3) is 2.64. The lowest BCUT2D eigenvalue weighted by Crippen LogP contribution is -2.12. The molecule has 1 amide bonds. The fourth-order valence-corrected chi connectivity index (χ4v) is 2.21. The number of carbonyl (C=O) groups is 1. The minimum atomic E-state index is -0.611. The van der Waals surface area contributed by atoms with Crippen molar-refractivity contribution in [3.63, 3.8) is 0 Å². The number of rotatable bonds is 3. The summed E-state index contributed by atoms with van der Waals surface area (Å²) in [5.74, 6) is -0.493. The van der Waals surface area contributed by atoms with Gasteiger partial charge in [0.1, 0.15) is 11.3 Å². The molecule has 1 heterocycles. The van der Waals surface area contributed by atoms with Crippen molar-refractivity contribution in [2.75, 3.05) is 5.32 Å². The normalized spacial score (nSPS) is 10.6. The molecule has 22 heavy (non-hydrogen) atoms. The number of para-hydroxylation sites is 1. The maximum atomic E-state index is 12.2. The fraction of sp³-hybridized carbons (Fsp3) is 0. The summed E-state index contributed by atoms with van der Waals surface area (Å²) in [5.41, 5.74) is 0.343. The lowest BCUT2D eigenvalue weighted by Gasteiger charge is -2.04. The van der Waals surface area contributed by atoms with Crippen LogP contribution in [0.1, 0.15) is 10.6 Å². The Morgan fingerprint density at radius 2 is 1.95 bits per heavy atom. The van der Waals surface area contributed by atoms with Gasteiger partial charge in [0.15, 0.2) is 5.76 Å². The highest BCUT2D eigenvalue weighted by Crippen LogP contribution is 2.28. The molecule has 0 unspecified atom stereocenters. The number of nitro groups is 1. The van der Waals surface area contributed by atoms with Crippen LogP contribution in [0.2, 0.25) is 5.02 Å². The van der Waals surface area contributed by atoms with Crippen LogP contribution in [0.5, 0.6) is 0 Å². The van der Waals surface area contributed by atoms with Gasteiger partial charge in [-0.1, -0.05) is 29.8 Å². The van der Waals surface area contributed by atoms with Crippen molar-refractivity contribution in [3.8, 4) is 0 Å². The van der Waals surface area contributed by atoms with Crippen LogP contribution in [0.15, 0.2) is 52.9 Å². The van der Waals surface area contributed by atoms with Crippen molar-refractivity contribution in [3.05, 3.63) is 69.4 Å². The summed E-state index contributed by atoms with van der Waals surface area (Å²) in [4.78, 5) is 22.6. The first kappa shape index (κ1) is 14.1. The molecule has 0 aliphatic heterocycles. The smallest absolute Gasteiger partial charge is 0.294 e. The molecule has 0 atom stereocenters. The molecule has 0 fully saturated rings. The summed E-state index contributed by atoms with van der Waals surface area (Å²) < 4.78 is 5.42. The second-order valence-electron chi connectivity index (χ2n) is 4.52. The number of fused-ring (bicyclic) bond motifs is 1. The SMILES string of the molecule is O=C(Nc1ccc(Cl)cc1[N+](=O)[O-])c1cc2ccccc2o1. The summed E-state index contributed by atoms with van der Waals surface area (Å²) in [6.07, 6.45) is 0. The summed E-state index contributed by atoms with van der Waals surface area (Å²) in [5, 5.41) is 14.5. The van der Waals surface area contributed by atoms with Crippen molar-refractivity contribution in [2.24, 2.45) is 0 Å². The number of hydrogen-bond acceptors (Lipinski definition) is 4. The number of nitrogens with zero attached hydrogens (tertiary/aromatic N) is 1. The van der Waals surface area contributed by atoms with Gasteiger partial charge in [-0.15, -0.1) is 0 Å². The molecule has 0 bridgehead atoms. The average Bonchev–Trinajstić information content (AvgIpc) is 2.93. The molecule has 6 nitrogen and oxygen atoms in total. The average molecular weight is 317 g/mol. The van der Waals surface area contributed by atoms with E-state index in [0.717, 1.165) is 5.39 Å². The van der Waals surface area contributed by atoms with E-state index in [2.05, 4.69) is 5.32 Å². The van der Waals surface area contributed by atoms with Crippen LogP contribution in [-0.4, -0.2) is 10.8 Å². The fourth-order valence-electron chi connectivity index (χ4n) is 2.04. The van der Waals surface area contributed by atoms with E-state index in [0.29, 0.717) is 5.58 Å². The van der Waals surface area contributed by atoms with Crippen molar-refractivity contribution in [2.45, 2.75) is 0 Å². The van der Waals surface area contributed by atoms with Gasteiger partial charge >= 0.3 is 0 Å². The molecule has 1 N–H and O–H groups in total. The van der Waals surface area contributed by atoms with Gasteiger partial charge in [-0.25, -0.2) is 0 Å². The van der Waals surface area contributed by atoms with Gasteiger partial charge < -0.3 is 9.73 Å².